The van der Waals surface area contributed by atoms with Gasteiger partial charge in [0.2, 0.25) is 9.84 Å². The Morgan fingerprint density at radius 3 is 2.20 bits per heavy atom. The molecule has 0 aliphatic carbocycles. The molecule has 4 N–H and O–H groups in total. The van der Waals surface area contributed by atoms with Crippen molar-refractivity contribution in [1.29, 1.82) is 0 Å². The minimum atomic E-state index is -4.54. The topological polar surface area (TPSA) is 127 Å². The summed E-state index contributed by atoms with van der Waals surface area (Å²) in [6.07, 6.45) is 0. The van der Waals surface area contributed by atoms with Gasteiger partial charge in [-0.3, -0.25) is 4.55 Å². The third-order valence-electron chi connectivity index (χ3n) is 3.51. The summed E-state index contributed by atoms with van der Waals surface area (Å²) in [5, 5.41) is 3.08. The van der Waals surface area contributed by atoms with Gasteiger partial charge in [-0.05, 0) is 56.7 Å². The molecule has 0 bridgehead atoms. The number of hydrogen-bond donors (Lipinski definition) is 3. The van der Waals surface area contributed by atoms with Gasteiger partial charge in [0.05, 0.1) is 20.4 Å². The molecule has 2 aromatic carbocycles. The fourth-order valence-corrected chi connectivity index (χ4v) is 4.60. The Labute approximate surface area is 147 Å². The first-order valence-corrected chi connectivity index (χ1v) is 10.3. The molecule has 0 heterocycles. The first kappa shape index (κ1) is 19.2. The number of sulfone groups is 1. The molecule has 25 heavy (non-hydrogen) atoms. The molecule has 0 unspecified atom stereocenters. The molecule has 0 amide bonds. The van der Waals surface area contributed by atoms with Gasteiger partial charge in [0.15, 0.2) is 0 Å². The summed E-state index contributed by atoms with van der Waals surface area (Å²) in [5.74, 6) is 0. The normalized spacial score (nSPS) is 12.4. The Hall–Kier alpha value is -2.10. The van der Waals surface area contributed by atoms with Crippen LogP contribution >= 0.6 is 0 Å². The van der Waals surface area contributed by atoms with E-state index in [9.17, 15) is 21.4 Å². The van der Waals surface area contributed by atoms with E-state index in [1.165, 1.54) is 31.2 Å². The molecule has 136 valence electrons. The first-order valence-electron chi connectivity index (χ1n) is 7.42. The van der Waals surface area contributed by atoms with Crippen molar-refractivity contribution in [2.75, 3.05) is 11.1 Å². The molecule has 0 atom stereocenters. The zero-order valence-corrected chi connectivity index (χ0v) is 15.6. The SMILES string of the molecule is Cc1ccc(S(=O)(=O)c2cc(NC(C)C)ccc2N)cc1S(=O)(=O)O. The molecule has 9 heteroatoms. The zero-order valence-electron chi connectivity index (χ0n) is 14.0. The number of rotatable bonds is 5. The van der Waals surface area contributed by atoms with Crippen molar-refractivity contribution >= 4 is 31.3 Å². The number of benzene rings is 2. The summed E-state index contributed by atoms with van der Waals surface area (Å²) >= 11 is 0. The van der Waals surface area contributed by atoms with Crippen LogP contribution in [0.4, 0.5) is 11.4 Å². The maximum Gasteiger partial charge on any atom is 0.294 e. The Balaban J connectivity index is 2.64. The number of nitrogen functional groups attached to an aromatic ring is 1. The Morgan fingerprint density at radius 2 is 1.64 bits per heavy atom. The number of aryl methyl sites for hydroxylation is 1. The molecule has 0 saturated heterocycles. The highest BCUT2D eigenvalue weighted by Crippen LogP contribution is 2.30. The number of nitrogens with two attached hydrogens (primary N) is 1. The lowest BCUT2D eigenvalue weighted by molar-refractivity contribution is 0.482. The lowest BCUT2D eigenvalue weighted by Gasteiger charge is -2.14. The van der Waals surface area contributed by atoms with E-state index in [2.05, 4.69) is 5.32 Å². The summed E-state index contributed by atoms with van der Waals surface area (Å²) in [6.45, 7) is 5.27. The van der Waals surface area contributed by atoms with Crippen molar-refractivity contribution in [3.8, 4) is 0 Å². The van der Waals surface area contributed by atoms with E-state index < -0.39 is 24.9 Å². The van der Waals surface area contributed by atoms with Crippen molar-refractivity contribution in [2.45, 2.75) is 41.5 Å². The van der Waals surface area contributed by atoms with E-state index in [0.717, 1.165) is 6.07 Å². The fourth-order valence-electron chi connectivity index (χ4n) is 2.34. The van der Waals surface area contributed by atoms with Crippen molar-refractivity contribution in [1.82, 2.24) is 0 Å². The van der Waals surface area contributed by atoms with E-state index in [-0.39, 0.29) is 27.1 Å². The van der Waals surface area contributed by atoms with Crippen LogP contribution in [0.3, 0.4) is 0 Å². The van der Waals surface area contributed by atoms with Gasteiger partial charge in [0, 0.05) is 11.7 Å². The summed E-state index contributed by atoms with van der Waals surface area (Å²) in [6, 6.07) is 8.15. The molecule has 0 fully saturated rings. The molecule has 0 spiro atoms. The lowest BCUT2D eigenvalue weighted by Crippen LogP contribution is -2.12. The predicted molar refractivity (Wildman–Crippen MR) is 96.1 cm³/mol. The number of hydrogen-bond acceptors (Lipinski definition) is 6. The molecule has 0 aromatic heterocycles. The summed E-state index contributed by atoms with van der Waals surface area (Å²) in [4.78, 5) is -0.856. The fraction of sp³-hybridized carbons (Fsp3) is 0.250. The molecule has 2 rings (SSSR count). The van der Waals surface area contributed by atoms with E-state index in [4.69, 9.17) is 5.73 Å². The van der Waals surface area contributed by atoms with Gasteiger partial charge < -0.3 is 11.1 Å². The monoisotopic (exact) mass is 384 g/mol. The molecule has 7 nitrogen and oxygen atoms in total. The average Bonchev–Trinajstić information content (AvgIpc) is 2.47. The maximum atomic E-state index is 12.9. The standard InChI is InChI=1S/C16H20N2O5S2/c1-10(2)18-12-5-7-14(17)16(8-12)24(19,20)13-6-4-11(3)15(9-13)25(21,22)23/h4-10,18H,17H2,1-3H3,(H,21,22,23). The van der Waals surface area contributed by atoms with Crippen LogP contribution in [0.15, 0.2) is 51.1 Å². The van der Waals surface area contributed by atoms with E-state index in [1.54, 1.807) is 6.07 Å². The van der Waals surface area contributed by atoms with Crippen molar-refractivity contribution in [3.63, 3.8) is 0 Å². The van der Waals surface area contributed by atoms with Gasteiger partial charge in [-0.1, -0.05) is 6.07 Å². The highest BCUT2D eigenvalue weighted by molar-refractivity contribution is 7.91. The van der Waals surface area contributed by atoms with Crippen LogP contribution < -0.4 is 11.1 Å². The summed E-state index contributed by atoms with van der Waals surface area (Å²) < 4.78 is 57.9. The van der Waals surface area contributed by atoms with Gasteiger partial charge in [0.1, 0.15) is 0 Å². The van der Waals surface area contributed by atoms with E-state index >= 15 is 0 Å². The minimum Gasteiger partial charge on any atom is -0.398 e. The third-order valence-corrected chi connectivity index (χ3v) is 6.31. The quantitative estimate of drug-likeness (QED) is 0.534. The highest BCUT2D eigenvalue weighted by Gasteiger charge is 2.24. The van der Waals surface area contributed by atoms with Crippen LogP contribution in [0, 0.1) is 6.92 Å². The van der Waals surface area contributed by atoms with Crippen LogP contribution in [0.2, 0.25) is 0 Å². The molecule has 0 radical (unpaired) electrons. The molecular weight excluding hydrogens is 364 g/mol. The smallest absolute Gasteiger partial charge is 0.294 e. The second-order valence-corrected chi connectivity index (χ2v) is 9.27. The van der Waals surface area contributed by atoms with Crippen molar-refractivity contribution in [2.24, 2.45) is 0 Å². The molecular formula is C16H20N2O5S2. The Bertz CT molecular complexity index is 1010. The second-order valence-electron chi connectivity index (χ2n) is 5.96. The predicted octanol–water partition coefficient (Wildman–Crippen LogP) is 2.48. The number of anilines is 2. The van der Waals surface area contributed by atoms with Crippen LogP contribution in [0.25, 0.3) is 0 Å². The minimum absolute atomic E-state index is 0.0447. The molecule has 0 aliphatic rings. The third kappa shape index (κ3) is 4.12. The van der Waals surface area contributed by atoms with Gasteiger partial charge in [0.25, 0.3) is 10.1 Å². The van der Waals surface area contributed by atoms with Crippen LogP contribution in [0.1, 0.15) is 19.4 Å². The maximum absolute atomic E-state index is 12.9. The van der Waals surface area contributed by atoms with Gasteiger partial charge in [-0.2, -0.15) is 8.42 Å². The van der Waals surface area contributed by atoms with Crippen LogP contribution in [-0.4, -0.2) is 27.4 Å². The molecule has 2 aromatic rings. The summed E-state index contributed by atoms with van der Waals surface area (Å²) in [7, 11) is -8.61. The molecule has 0 aliphatic heterocycles. The van der Waals surface area contributed by atoms with Gasteiger partial charge in [-0.25, -0.2) is 8.42 Å². The number of nitrogens with one attached hydrogen (secondary N) is 1. The van der Waals surface area contributed by atoms with Gasteiger partial charge >= 0.3 is 0 Å². The van der Waals surface area contributed by atoms with Crippen LogP contribution in [0.5, 0.6) is 0 Å². The first-order chi connectivity index (χ1) is 11.4. The van der Waals surface area contributed by atoms with Crippen molar-refractivity contribution < 1.29 is 21.4 Å². The average molecular weight is 384 g/mol. The van der Waals surface area contributed by atoms with Crippen molar-refractivity contribution in [3.05, 3.63) is 42.0 Å². The largest absolute Gasteiger partial charge is 0.398 e. The Morgan fingerprint density at radius 1 is 1.00 bits per heavy atom. The zero-order chi connectivity index (χ0) is 19.0. The van der Waals surface area contributed by atoms with Gasteiger partial charge in [-0.15, -0.1) is 0 Å². The highest BCUT2D eigenvalue weighted by atomic mass is 32.2. The molecule has 0 saturated carbocycles. The summed E-state index contributed by atoms with van der Waals surface area (Å²) in [5.41, 5.74) is 6.68. The van der Waals surface area contributed by atoms with E-state index in [0.29, 0.717) is 5.69 Å². The second kappa shape index (κ2) is 6.66. The van der Waals surface area contributed by atoms with Crippen LogP contribution in [-0.2, 0) is 20.0 Å². The Kier molecular flexibility index (Phi) is 5.12. The van der Waals surface area contributed by atoms with E-state index in [1.807, 2.05) is 13.8 Å². The lowest BCUT2D eigenvalue weighted by atomic mass is 10.2.